The smallest absolute Gasteiger partial charge is 0.281 e. The second-order valence-electron chi connectivity index (χ2n) is 6.18. The van der Waals surface area contributed by atoms with Crippen LogP contribution in [0.5, 0.6) is 0 Å². The molecule has 0 aliphatic carbocycles. The minimum atomic E-state index is -3.46. The van der Waals surface area contributed by atoms with Gasteiger partial charge in [-0.2, -0.15) is 17.0 Å². The van der Waals surface area contributed by atoms with E-state index < -0.39 is 10.2 Å². The van der Waals surface area contributed by atoms with E-state index in [1.165, 1.54) is 22.7 Å². The molecule has 3 fully saturated rings. The number of hydrogen-bond donors (Lipinski definition) is 0. The van der Waals surface area contributed by atoms with Gasteiger partial charge in [0.05, 0.1) is 31.3 Å². The number of fused-ring (bicyclic) bond motifs is 2. The minimum Gasteiger partial charge on any atom is -0.378 e. The summed E-state index contributed by atoms with van der Waals surface area (Å²) in [6, 6.07) is 0. The quantitative estimate of drug-likeness (QED) is 0.644. The van der Waals surface area contributed by atoms with Crippen LogP contribution < -0.4 is 0 Å². The van der Waals surface area contributed by atoms with Crippen molar-refractivity contribution in [3.8, 4) is 0 Å². The molecule has 3 unspecified atom stereocenters. The van der Waals surface area contributed by atoms with Gasteiger partial charge in [0.15, 0.2) is 0 Å². The van der Waals surface area contributed by atoms with E-state index in [9.17, 15) is 13.2 Å². The molecule has 3 heterocycles. The van der Waals surface area contributed by atoms with Crippen molar-refractivity contribution in [1.82, 2.24) is 13.5 Å². The third kappa shape index (κ3) is 2.88. The molecule has 126 valence electrons. The fourth-order valence-electron chi connectivity index (χ4n) is 3.32. The molecule has 3 aliphatic heterocycles. The second-order valence-corrected chi connectivity index (χ2v) is 8.33. The molecule has 1 amide bonds. The van der Waals surface area contributed by atoms with Gasteiger partial charge in [0.1, 0.15) is 0 Å². The van der Waals surface area contributed by atoms with Gasteiger partial charge in [-0.25, -0.2) is 0 Å². The van der Waals surface area contributed by atoms with Crippen molar-refractivity contribution in [2.45, 2.75) is 18.6 Å². The first-order valence-corrected chi connectivity index (χ1v) is 8.99. The lowest BCUT2D eigenvalue weighted by molar-refractivity contribution is -0.142. The van der Waals surface area contributed by atoms with E-state index in [0.29, 0.717) is 39.3 Å². The number of hydrogen-bond acceptors (Lipinski definition) is 5. The zero-order valence-electron chi connectivity index (χ0n) is 13.0. The summed E-state index contributed by atoms with van der Waals surface area (Å²) in [5.74, 6) is -0.176. The summed E-state index contributed by atoms with van der Waals surface area (Å²) in [5, 5.41) is 0. The maximum Gasteiger partial charge on any atom is 0.281 e. The summed E-state index contributed by atoms with van der Waals surface area (Å²) in [4.78, 5) is 14.5. The Morgan fingerprint density at radius 3 is 2.50 bits per heavy atom. The predicted molar refractivity (Wildman–Crippen MR) is 78.3 cm³/mol. The molecule has 3 aliphatic rings. The largest absolute Gasteiger partial charge is 0.378 e. The van der Waals surface area contributed by atoms with E-state index in [0.717, 1.165) is 0 Å². The van der Waals surface area contributed by atoms with Crippen LogP contribution in [0, 0.1) is 5.92 Å². The fraction of sp³-hybridized carbons (Fsp3) is 0.923. The number of morpholine rings is 2. The number of rotatable bonds is 3. The van der Waals surface area contributed by atoms with Crippen LogP contribution in [-0.4, -0.2) is 93.5 Å². The Morgan fingerprint density at radius 2 is 1.86 bits per heavy atom. The molecule has 22 heavy (non-hydrogen) atoms. The fourth-order valence-corrected chi connectivity index (χ4v) is 4.47. The highest BCUT2D eigenvalue weighted by atomic mass is 32.2. The first kappa shape index (κ1) is 16.1. The van der Waals surface area contributed by atoms with Crippen molar-refractivity contribution in [2.75, 3.05) is 53.5 Å². The summed E-state index contributed by atoms with van der Waals surface area (Å²) < 4.78 is 38.3. The van der Waals surface area contributed by atoms with Crippen molar-refractivity contribution in [2.24, 2.45) is 5.92 Å². The lowest BCUT2D eigenvalue weighted by Gasteiger charge is -2.34. The molecule has 0 radical (unpaired) electrons. The van der Waals surface area contributed by atoms with Crippen LogP contribution in [0.3, 0.4) is 0 Å². The summed E-state index contributed by atoms with van der Waals surface area (Å²) >= 11 is 0. The van der Waals surface area contributed by atoms with Crippen molar-refractivity contribution in [3.05, 3.63) is 0 Å². The maximum absolute atomic E-state index is 12.6. The number of carbonyl (C=O) groups excluding carboxylic acids is 1. The topological polar surface area (TPSA) is 79.4 Å². The van der Waals surface area contributed by atoms with Crippen LogP contribution in [0.4, 0.5) is 0 Å². The molecule has 3 atom stereocenters. The number of amides is 1. The Labute approximate surface area is 131 Å². The predicted octanol–water partition coefficient (Wildman–Crippen LogP) is -1.26. The average molecular weight is 333 g/mol. The van der Waals surface area contributed by atoms with Gasteiger partial charge in [-0.15, -0.1) is 0 Å². The Hall–Kier alpha value is -0.740. The lowest BCUT2D eigenvalue weighted by Crippen LogP contribution is -2.51. The summed E-state index contributed by atoms with van der Waals surface area (Å²) in [7, 11) is -0.424. The lowest BCUT2D eigenvalue weighted by atomic mass is 9.98. The van der Waals surface area contributed by atoms with E-state index >= 15 is 0 Å². The van der Waals surface area contributed by atoms with Crippen molar-refractivity contribution >= 4 is 16.1 Å². The molecular formula is C13H23N3O5S. The van der Waals surface area contributed by atoms with Gasteiger partial charge in [-0.1, -0.05) is 0 Å². The normalized spacial score (nSPS) is 33.4. The molecular weight excluding hydrogens is 310 g/mol. The van der Waals surface area contributed by atoms with Crippen LogP contribution in [0.1, 0.15) is 6.42 Å². The third-order valence-corrected chi connectivity index (χ3v) is 6.42. The molecule has 0 saturated carbocycles. The van der Waals surface area contributed by atoms with Gasteiger partial charge in [-0.3, -0.25) is 4.79 Å². The van der Waals surface area contributed by atoms with E-state index in [1.54, 1.807) is 0 Å². The highest BCUT2D eigenvalue weighted by molar-refractivity contribution is 7.86. The molecule has 0 aromatic carbocycles. The number of nitrogens with zero attached hydrogens (tertiary/aromatic N) is 3. The van der Waals surface area contributed by atoms with Crippen LogP contribution >= 0.6 is 0 Å². The van der Waals surface area contributed by atoms with Gasteiger partial charge >= 0.3 is 0 Å². The standard InChI is InChI=1S/C13H23N3O5S/c1-14(2)22(18,19)16-8-10-7-11(12(9-16)21-10)13(17)15-3-5-20-6-4-15/h10-12H,3-9H2,1-2H3. The van der Waals surface area contributed by atoms with Crippen molar-refractivity contribution in [1.29, 1.82) is 0 Å². The van der Waals surface area contributed by atoms with Gasteiger partial charge in [-0.05, 0) is 6.42 Å². The van der Waals surface area contributed by atoms with Gasteiger partial charge < -0.3 is 14.4 Å². The average Bonchev–Trinajstić information content (AvgIpc) is 2.81. The monoisotopic (exact) mass is 333 g/mol. The highest BCUT2D eigenvalue weighted by Crippen LogP contribution is 2.34. The third-order valence-electron chi connectivity index (χ3n) is 4.55. The SMILES string of the molecule is CN(C)S(=O)(=O)N1CC2CC(C(=O)N3CCOCC3)C(C1)O2. The Balaban J connectivity index is 1.70. The Kier molecular flexibility index (Phi) is 4.43. The van der Waals surface area contributed by atoms with Crippen LogP contribution in [0.25, 0.3) is 0 Å². The van der Waals surface area contributed by atoms with Crippen LogP contribution in [0.15, 0.2) is 0 Å². The maximum atomic E-state index is 12.6. The molecule has 0 aromatic rings. The minimum absolute atomic E-state index is 0.0694. The van der Waals surface area contributed by atoms with E-state index in [-0.39, 0.29) is 30.6 Å². The summed E-state index contributed by atoms with van der Waals surface area (Å²) in [6.07, 6.45) is 0.0626. The van der Waals surface area contributed by atoms with Crippen LogP contribution in [-0.2, 0) is 24.5 Å². The molecule has 3 rings (SSSR count). The highest BCUT2D eigenvalue weighted by Gasteiger charge is 2.48. The molecule has 0 N–H and O–H groups in total. The molecule has 0 aromatic heterocycles. The van der Waals surface area contributed by atoms with E-state index in [2.05, 4.69) is 0 Å². The molecule has 2 bridgehead atoms. The summed E-state index contributed by atoms with van der Waals surface area (Å²) in [6.45, 7) is 2.91. The van der Waals surface area contributed by atoms with Gasteiger partial charge in [0, 0.05) is 40.3 Å². The second kappa shape index (κ2) is 6.04. The van der Waals surface area contributed by atoms with Crippen molar-refractivity contribution in [3.63, 3.8) is 0 Å². The van der Waals surface area contributed by atoms with Gasteiger partial charge in [0.2, 0.25) is 5.91 Å². The first-order chi connectivity index (χ1) is 10.4. The van der Waals surface area contributed by atoms with E-state index in [1.807, 2.05) is 4.90 Å². The molecule has 3 saturated heterocycles. The van der Waals surface area contributed by atoms with E-state index in [4.69, 9.17) is 9.47 Å². The Morgan fingerprint density at radius 1 is 1.18 bits per heavy atom. The molecule has 0 spiro atoms. The summed E-state index contributed by atoms with van der Waals surface area (Å²) in [5.41, 5.74) is 0. The molecule has 8 nitrogen and oxygen atoms in total. The zero-order valence-corrected chi connectivity index (χ0v) is 13.8. The number of carbonyl (C=O) groups is 1. The van der Waals surface area contributed by atoms with Crippen LogP contribution in [0.2, 0.25) is 0 Å². The Bertz CT molecular complexity index is 532. The zero-order chi connectivity index (χ0) is 15.9. The number of ether oxygens (including phenoxy) is 2. The van der Waals surface area contributed by atoms with Crippen molar-refractivity contribution < 1.29 is 22.7 Å². The van der Waals surface area contributed by atoms with Gasteiger partial charge in [0.25, 0.3) is 10.2 Å². The molecule has 9 heteroatoms. The first-order valence-electron chi connectivity index (χ1n) is 7.59.